The number of hydrogen-bond acceptors (Lipinski definition) is 3. The van der Waals surface area contributed by atoms with Gasteiger partial charge < -0.3 is 14.4 Å². The zero-order valence-electron chi connectivity index (χ0n) is 17.2. The van der Waals surface area contributed by atoms with Gasteiger partial charge in [0, 0.05) is 38.8 Å². The molecule has 1 amide bonds. The Hall–Kier alpha value is -3.08. The highest BCUT2D eigenvalue weighted by Gasteiger charge is 2.24. The molecule has 0 spiro atoms. The Balaban J connectivity index is 1.46. The number of imidazole rings is 1. The van der Waals surface area contributed by atoms with Gasteiger partial charge in [-0.3, -0.25) is 4.79 Å². The lowest BCUT2D eigenvalue weighted by Crippen LogP contribution is -2.49. The van der Waals surface area contributed by atoms with Crippen LogP contribution in [0.1, 0.15) is 19.4 Å². The summed E-state index contributed by atoms with van der Waals surface area (Å²) in [7, 11) is 0. The van der Waals surface area contributed by atoms with Gasteiger partial charge in [0.15, 0.2) is 0 Å². The largest absolute Gasteiger partial charge is 0.339 e. The molecule has 0 saturated carbocycles. The number of anilines is 1. The van der Waals surface area contributed by atoms with Crippen molar-refractivity contribution >= 4 is 29.0 Å². The first-order valence-corrected chi connectivity index (χ1v) is 10.3. The molecule has 0 atom stereocenters. The number of amides is 1. The van der Waals surface area contributed by atoms with Crippen molar-refractivity contribution in [2.24, 2.45) is 5.92 Å². The van der Waals surface area contributed by atoms with Crippen LogP contribution in [0.5, 0.6) is 0 Å². The SMILES string of the molecule is CC(C)Cn1c(N2CCN(C(=O)/C=C/c3ccccc3)CC2)nc2ccccc21. The van der Waals surface area contributed by atoms with Crippen LogP contribution < -0.4 is 4.90 Å². The van der Waals surface area contributed by atoms with E-state index >= 15 is 0 Å². The van der Waals surface area contributed by atoms with Gasteiger partial charge >= 0.3 is 0 Å². The Morgan fingerprint density at radius 1 is 1.00 bits per heavy atom. The fourth-order valence-electron chi connectivity index (χ4n) is 3.81. The quantitative estimate of drug-likeness (QED) is 0.619. The first-order chi connectivity index (χ1) is 14.1. The van der Waals surface area contributed by atoms with E-state index in [-0.39, 0.29) is 5.91 Å². The topological polar surface area (TPSA) is 41.4 Å². The number of para-hydroxylation sites is 2. The van der Waals surface area contributed by atoms with E-state index in [0.29, 0.717) is 19.0 Å². The maximum absolute atomic E-state index is 12.6. The molecule has 0 N–H and O–H groups in total. The smallest absolute Gasteiger partial charge is 0.246 e. The van der Waals surface area contributed by atoms with Gasteiger partial charge in [-0.15, -0.1) is 0 Å². The number of rotatable bonds is 5. The average Bonchev–Trinajstić information content (AvgIpc) is 3.11. The molecule has 1 saturated heterocycles. The van der Waals surface area contributed by atoms with Crippen molar-refractivity contribution in [3.05, 3.63) is 66.2 Å². The fourth-order valence-corrected chi connectivity index (χ4v) is 3.81. The van der Waals surface area contributed by atoms with Gasteiger partial charge in [0.1, 0.15) is 0 Å². The van der Waals surface area contributed by atoms with Crippen LogP contribution >= 0.6 is 0 Å². The second-order valence-electron chi connectivity index (χ2n) is 7.96. The van der Waals surface area contributed by atoms with Crippen molar-refractivity contribution in [1.29, 1.82) is 0 Å². The molecule has 5 heteroatoms. The van der Waals surface area contributed by atoms with E-state index in [2.05, 4.69) is 41.5 Å². The third kappa shape index (κ3) is 4.34. The van der Waals surface area contributed by atoms with Crippen molar-refractivity contribution in [3.8, 4) is 0 Å². The van der Waals surface area contributed by atoms with E-state index < -0.39 is 0 Å². The minimum absolute atomic E-state index is 0.0733. The Morgan fingerprint density at radius 3 is 2.41 bits per heavy atom. The lowest BCUT2D eigenvalue weighted by Gasteiger charge is -2.35. The average molecular weight is 389 g/mol. The molecule has 5 nitrogen and oxygen atoms in total. The van der Waals surface area contributed by atoms with Crippen LogP contribution in [0.3, 0.4) is 0 Å². The number of carbonyl (C=O) groups excluding carboxylic acids is 1. The van der Waals surface area contributed by atoms with Gasteiger partial charge in [-0.2, -0.15) is 0 Å². The molecule has 1 fully saturated rings. The van der Waals surface area contributed by atoms with Gasteiger partial charge in [0.25, 0.3) is 0 Å². The minimum Gasteiger partial charge on any atom is -0.339 e. The molecule has 4 rings (SSSR count). The second kappa shape index (κ2) is 8.52. The molecule has 0 unspecified atom stereocenters. The van der Waals surface area contributed by atoms with Gasteiger partial charge in [0.2, 0.25) is 11.9 Å². The third-order valence-electron chi connectivity index (χ3n) is 5.27. The first-order valence-electron chi connectivity index (χ1n) is 10.3. The van der Waals surface area contributed by atoms with Crippen molar-refractivity contribution < 1.29 is 4.79 Å². The van der Waals surface area contributed by atoms with Gasteiger partial charge in [-0.05, 0) is 29.7 Å². The normalized spacial score (nSPS) is 15.0. The van der Waals surface area contributed by atoms with E-state index in [1.807, 2.05) is 47.4 Å². The molecule has 1 aliphatic heterocycles. The lowest BCUT2D eigenvalue weighted by atomic mass is 10.2. The number of fused-ring (bicyclic) bond motifs is 1. The number of piperazine rings is 1. The van der Waals surface area contributed by atoms with Crippen LogP contribution in [0.2, 0.25) is 0 Å². The number of nitrogens with zero attached hydrogens (tertiary/aromatic N) is 4. The number of carbonyl (C=O) groups is 1. The summed E-state index contributed by atoms with van der Waals surface area (Å²) in [6.45, 7) is 8.42. The number of aromatic nitrogens is 2. The summed E-state index contributed by atoms with van der Waals surface area (Å²) >= 11 is 0. The van der Waals surface area contributed by atoms with Crippen molar-refractivity contribution in [3.63, 3.8) is 0 Å². The summed E-state index contributed by atoms with van der Waals surface area (Å²) < 4.78 is 2.33. The molecule has 3 aromatic rings. The Kier molecular flexibility index (Phi) is 5.65. The summed E-state index contributed by atoms with van der Waals surface area (Å²) in [5, 5.41) is 0. The maximum atomic E-state index is 12.6. The molecule has 0 aliphatic carbocycles. The van der Waals surface area contributed by atoms with E-state index in [9.17, 15) is 4.79 Å². The predicted octanol–water partition coefficient (Wildman–Crippen LogP) is 4.05. The summed E-state index contributed by atoms with van der Waals surface area (Å²) in [4.78, 5) is 21.7. The summed E-state index contributed by atoms with van der Waals surface area (Å²) in [5.41, 5.74) is 3.26. The van der Waals surface area contributed by atoms with Crippen LogP contribution in [0.25, 0.3) is 17.1 Å². The van der Waals surface area contributed by atoms with E-state index in [1.165, 1.54) is 5.52 Å². The van der Waals surface area contributed by atoms with E-state index in [1.54, 1.807) is 6.08 Å². The zero-order valence-corrected chi connectivity index (χ0v) is 17.2. The zero-order chi connectivity index (χ0) is 20.2. The third-order valence-corrected chi connectivity index (χ3v) is 5.27. The van der Waals surface area contributed by atoms with E-state index in [0.717, 1.165) is 36.7 Å². The maximum Gasteiger partial charge on any atom is 0.246 e. The molecule has 150 valence electrons. The molecule has 0 bridgehead atoms. The fraction of sp³-hybridized carbons (Fsp3) is 0.333. The summed E-state index contributed by atoms with van der Waals surface area (Å²) in [5.74, 6) is 1.63. The molecule has 1 aliphatic rings. The van der Waals surface area contributed by atoms with E-state index in [4.69, 9.17) is 4.98 Å². The highest BCUT2D eigenvalue weighted by Crippen LogP contribution is 2.25. The summed E-state index contributed by atoms with van der Waals surface area (Å²) in [6, 6.07) is 18.3. The Labute approximate surface area is 172 Å². The molecule has 2 aromatic carbocycles. The van der Waals surface area contributed by atoms with Crippen LogP contribution in [-0.2, 0) is 11.3 Å². The van der Waals surface area contributed by atoms with Gasteiger partial charge in [-0.25, -0.2) is 4.98 Å². The van der Waals surface area contributed by atoms with Crippen LogP contribution in [0, 0.1) is 5.92 Å². The molecule has 0 radical (unpaired) electrons. The molecule has 1 aromatic heterocycles. The molecular weight excluding hydrogens is 360 g/mol. The van der Waals surface area contributed by atoms with Crippen molar-refractivity contribution in [2.45, 2.75) is 20.4 Å². The van der Waals surface area contributed by atoms with Gasteiger partial charge in [0.05, 0.1) is 11.0 Å². The second-order valence-corrected chi connectivity index (χ2v) is 7.96. The van der Waals surface area contributed by atoms with Gasteiger partial charge in [-0.1, -0.05) is 56.3 Å². The molecule has 2 heterocycles. The number of hydrogen-bond donors (Lipinski definition) is 0. The van der Waals surface area contributed by atoms with Crippen LogP contribution in [-0.4, -0.2) is 46.5 Å². The van der Waals surface area contributed by atoms with Crippen LogP contribution in [0.4, 0.5) is 5.95 Å². The standard InChI is InChI=1S/C24H28N4O/c1-19(2)18-28-22-11-7-6-10-21(22)25-24(28)27-16-14-26(15-17-27)23(29)13-12-20-8-4-3-5-9-20/h3-13,19H,14-18H2,1-2H3/b13-12+. The summed E-state index contributed by atoms with van der Waals surface area (Å²) in [6.07, 6.45) is 3.57. The minimum atomic E-state index is 0.0733. The lowest BCUT2D eigenvalue weighted by molar-refractivity contribution is -0.126. The first kappa shape index (κ1) is 19.2. The molecule has 29 heavy (non-hydrogen) atoms. The highest BCUT2D eigenvalue weighted by molar-refractivity contribution is 5.92. The molecular formula is C24H28N4O. The van der Waals surface area contributed by atoms with Crippen molar-refractivity contribution in [1.82, 2.24) is 14.5 Å². The highest BCUT2D eigenvalue weighted by atomic mass is 16.2. The Morgan fingerprint density at radius 2 is 1.69 bits per heavy atom. The Bertz CT molecular complexity index is 998. The predicted molar refractivity (Wildman–Crippen MR) is 119 cm³/mol. The number of benzene rings is 2. The monoisotopic (exact) mass is 388 g/mol. The van der Waals surface area contributed by atoms with Crippen molar-refractivity contribution in [2.75, 3.05) is 31.1 Å². The van der Waals surface area contributed by atoms with Crippen LogP contribution in [0.15, 0.2) is 60.7 Å².